The van der Waals surface area contributed by atoms with Crippen molar-refractivity contribution in [2.24, 2.45) is 5.73 Å². The molecule has 0 spiro atoms. The van der Waals surface area contributed by atoms with E-state index in [4.69, 9.17) is 10.5 Å². The van der Waals surface area contributed by atoms with Crippen LogP contribution in [0.2, 0.25) is 0 Å². The van der Waals surface area contributed by atoms with Gasteiger partial charge in [-0.1, -0.05) is 18.2 Å². The maximum Gasteiger partial charge on any atom is 0.144 e. The van der Waals surface area contributed by atoms with E-state index in [2.05, 4.69) is 15.3 Å². The predicted octanol–water partition coefficient (Wildman–Crippen LogP) is 1.43. The first-order chi connectivity index (χ1) is 8.88. The van der Waals surface area contributed by atoms with E-state index in [0.717, 1.165) is 11.6 Å². The molecule has 5 nitrogen and oxygen atoms in total. The molecule has 0 bridgehead atoms. The van der Waals surface area contributed by atoms with Gasteiger partial charge in [-0.05, 0) is 18.2 Å². The molecular weight excluding hydrogens is 228 g/mol. The normalized spacial score (nSPS) is 10.1. The van der Waals surface area contributed by atoms with E-state index in [1.807, 2.05) is 36.4 Å². The van der Waals surface area contributed by atoms with Crippen molar-refractivity contribution in [3.05, 3.63) is 48.4 Å². The molecule has 1 heterocycles. The van der Waals surface area contributed by atoms with E-state index in [-0.39, 0.29) is 0 Å². The van der Waals surface area contributed by atoms with Crippen molar-refractivity contribution in [2.45, 2.75) is 6.54 Å². The van der Waals surface area contributed by atoms with Gasteiger partial charge in [0.25, 0.3) is 0 Å². The Morgan fingerprint density at radius 1 is 1.17 bits per heavy atom. The lowest BCUT2D eigenvalue weighted by atomic mass is 10.3. The maximum absolute atomic E-state index is 5.55. The first-order valence-corrected chi connectivity index (χ1v) is 5.82. The summed E-state index contributed by atoms with van der Waals surface area (Å²) < 4.78 is 5.55. The second-order valence-corrected chi connectivity index (χ2v) is 3.65. The van der Waals surface area contributed by atoms with Gasteiger partial charge in [-0.25, -0.2) is 9.97 Å². The molecule has 1 aromatic heterocycles. The Morgan fingerprint density at radius 3 is 2.78 bits per heavy atom. The number of aromatic nitrogens is 2. The lowest BCUT2D eigenvalue weighted by Crippen LogP contribution is -2.13. The minimum Gasteiger partial charge on any atom is -0.492 e. The lowest BCUT2D eigenvalue weighted by Gasteiger charge is -2.08. The van der Waals surface area contributed by atoms with Crippen LogP contribution in [0.1, 0.15) is 5.82 Å². The Morgan fingerprint density at radius 2 is 2.00 bits per heavy atom. The molecule has 5 heteroatoms. The molecule has 2 aromatic rings. The average molecular weight is 244 g/mol. The van der Waals surface area contributed by atoms with Crippen molar-refractivity contribution < 1.29 is 4.74 Å². The third-order valence-corrected chi connectivity index (χ3v) is 2.31. The van der Waals surface area contributed by atoms with Gasteiger partial charge in [-0.15, -0.1) is 0 Å². The zero-order valence-electron chi connectivity index (χ0n) is 10.0. The monoisotopic (exact) mass is 244 g/mol. The summed E-state index contributed by atoms with van der Waals surface area (Å²) in [5.74, 6) is 2.26. The van der Waals surface area contributed by atoms with Crippen LogP contribution in [0.5, 0.6) is 5.75 Å². The van der Waals surface area contributed by atoms with Crippen LogP contribution in [0, 0.1) is 0 Å². The average Bonchev–Trinajstić information content (AvgIpc) is 2.45. The van der Waals surface area contributed by atoms with Gasteiger partial charge in [0, 0.05) is 6.20 Å². The van der Waals surface area contributed by atoms with E-state index in [1.165, 1.54) is 0 Å². The summed E-state index contributed by atoms with van der Waals surface area (Å²) in [4.78, 5) is 8.26. The number of ether oxygens (including phenoxy) is 1. The molecule has 0 aliphatic carbocycles. The molecule has 0 unspecified atom stereocenters. The van der Waals surface area contributed by atoms with E-state index < -0.39 is 0 Å². The van der Waals surface area contributed by atoms with Gasteiger partial charge in [-0.3, -0.25) is 0 Å². The third-order valence-electron chi connectivity index (χ3n) is 2.31. The van der Waals surface area contributed by atoms with Crippen molar-refractivity contribution in [3.8, 4) is 5.75 Å². The topological polar surface area (TPSA) is 73.1 Å². The van der Waals surface area contributed by atoms with E-state index >= 15 is 0 Å². The highest BCUT2D eigenvalue weighted by Gasteiger charge is 1.97. The van der Waals surface area contributed by atoms with Crippen LogP contribution < -0.4 is 15.8 Å². The second kappa shape index (κ2) is 6.56. The summed E-state index contributed by atoms with van der Waals surface area (Å²) in [5, 5.41) is 3.16. The second-order valence-electron chi connectivity index (χ2n) is 3.65. The summed E-state index contributed by atoms with van der Waals surface area (Å²) in [5.41, 5.74) is 5.47. The van der Waals surface area contributed by atoms with Gasteiger partial charge in [0.1, 0.15) is 24.0 Å². The summed E-state index contributed by atoms with van der Waals surface area (Å²) in [6.07, 6.45) is 1.69. The van der Waals surface area contributed by atoms with Crippen LogP contribution in [0.25, 0.3) is 0 Å². The molecule has 0 fully saturated rings. The molecule has 1 aromatic carbocycles. The van der Waals surface area contributed by atoms with Crippen molar-refractivity contribution >= 4 is 5.82 Å². The fourth-order valence-electron chi connectivity index (χ4n) is 1.46. The number of nitrogens with one attached hydrogen (secondary N) is 1. The lowest BCUT2D eigenvalue weighted by molar-refractivity contribution is 0.332. The number of benzene rings is 1. The van der Waals surface area contributed by atoms with Crippen molar-refractivity contribution in [1.29, 1.82) is 0 Å². The molecule has 0 aliphatic heterocycles. The smallest absolute Gasteiger partial charge is 0.144 e. The Balaban J connectivity index is 1.75. The molecule has 0 amide bonds. The Kier molecular flexibility index (Phi) is 4.49. The first-order valence-electron chi connectivity index (χ1n) is 5.82. The molecule has 0 saturated heterocycles. The van der Waals surface area contributed by atoms with Crippen LogP contribution in [0.3, 0.4) is 0 Å². The quantitative estimate of drug-likeness (QED) is 0.752. The molecule has 0 saturated carbocycles. The Hall–Kier alpha value is -2.14. The molecule has 0 radical (unpaired) electrons. The number of nitrogens with zero attached hydrogens (tertiary/aromatic N) is 2. The maximum atomic E-state index is 5.55. The minimum absolute atomic E-state index is 0.343. The number of rotatable bonds is 6. The predicted molar refractivity (Wildman–Crippen MR) is 70.4 cm³/mol. The SMILES string of the molecule is NCc1nccc(NCCOc2ccccc2)n1. The third kappa shape index (κ3) is 3.71. The number of nitrogens with two attached hydrogens (primary N) is 1. The van der Waals surface area contributed by atoms with E-state index in [1.54, 1.807) is 6.20 Å². The highest BCUT2D eigenvalue weighted by Crippen LogP contribution is 2.08. The molecule has 2 rings (SSSR count). The minimum atomic E-state index is 0.343. The summed E-state index contributed by atoms with van der Waals surface area (Å²) in [6.45, 7) is 1.60. The molecular formula is C13H16N4O. The van der Waals surface area contributed by atoms with Crippen LogP contribution in [0.4, 0.5) is 5.82 Å². The summed E-state index contributed by atoms with van der Waals surface area (Å²) in [7, 11) is 0. The largest absolute Gasteiger partial charge is 0.492 e. The van der Waals surface area contributed by atoms with Crippen LogP contribution in [-0.4, -0.2) is 23.1 Å². The summed E-state index contributed by atoms with van der Waals surface area (Å²) in [6, 6.07) is 11.5. The van der Waals surface area contributed by atoms with Crippen LogP contribution >= 0.6 is 0 Å². The van der Waals surface area contributed by atoms with E-state index in [0.29, 0.717) is 25.5 Å². The van der Waals surface area contributed by atoms with Gasteiger partial charge in [0.2, 0.25) is 0 Å². The molecule has 0 atom stereocenters. The number of hydrogen-bond donors (Lipinski definition) is 2. The first kappa shape index (κ1) is 12.3. The fourth-order valence-corrected chi connectivity index (χ4v) is 1.46. The zero-order valence-corrected chi connectivity index (χ0v) is 10.0. The fraction of sp³-hybridized carbons (Fsp3) is 0.231. The van der Waals surface area contributed by atoms with Gasteiger partial charge in [0.05, 0.1) is 13.1 Å². The van der Waals surface area contributed by atoms with Gasteiger partial charge < -0.3 is 15.8 Å². The zero-order chi connectivity index (χ0) is 12.6. The van der Waals surface area contributed by atoms with Gasteiger partial charge in [0.15, 0.2) is 0 Å². The Labute approximate surface area is 106 Å². The Bertz CT molecular complexity index is 475. The molecule has 18 heavy (non-hydrogen) atoms. The highest BCUT2D eigenvalue weighted by molar-refractivity contribution is 5.32. The van der Waals surface area contributed by atoms with Crippen LogP contribution in [-0.2, 0) is 6.54 Å². The number of para-hydroxylation sites is 1. The van der Waals surface area contributed by atoms with Crippen molar-refractivity contribution in [3.63, 3.8) is 0 Å². The standard InChI is InChI=1S/C13H16N4O/c14-10-13-15-7-6-12(17-13)16-8-9-18-11-4-2-1-3-5-11/h1-7H,8-10,14H2,(H,15,16,17). The number of hydrogen-bond acceptors (Lipinski definition) is 5. The number of anilines is 1. The molecule has 0 aliphatic rings. The molecule has 3 N–H and O–H groups in total. The van der Waals surface area contributed by atoms with Crippen molar-refractivity contribution in [2.75, 3.05) is 18.5 Å². The van der Waals surface area contributed by atoms with Crippen molar-refractivity contribution in [1.82, 2.24) is 9.97 Å². The van der Waals surface area contributed by atoms with Gasteiger partial charge in [-0.2, -0.15) is 0 Å². The van der Waals surface area contributed by atoms with E-state index in [9.17, 15) is 0 Å². The van der Waals surface area contributed by atoms with Gasteiger partial charge >= 0.3 is 0 Å². The highest BCUT2D eigenvalue weighted by atomic mass is 16.5. The van der Waals surface area contributed by atoms with Crippen LogP contribution in [0.15, 0.2) is 42.6 Å². The molecule has 94 valence electrons. The summed E-state index contributed by atoms with van der Waals surface area (Å²) >= 11 is 0.